The van der Waals surface area contributed by atoms with Gasteiger partial charge >= 0.3 is 5.97 Å². The fourth-order valence-electron chi connectivity index (χ4n) is 2.93. The maximum atomic E-state index is 12.3. The second kappa shape index (κ2) is 7.80. The van der Waals surface area contributed by atoms with Crippen LogP contribution in [0.3, 0.4) is 0 Å². The number of benzene rings is 3. The Morgan fingerprint density at radius 2 is 1.54 bits per heavy atom. The largest absolute Gasteiger partial charge is 0.480 e. The summed E-state index contributed by atoms with van der Waals surface area (Å²) in [5.41, 5.74) is 1.24. The molecular weight excluding hydrogens is 330 g/mol. The van der Waals surface area contributed by atoms with Gasteiger partial charge in [0.15, 0.2) is 6.10 Å². The minimum Gasteiger partial charge on any atom is -0.480 e. The van der Waals surface area contributed by atoms with Crippen LogP contribution in [-0.4, -0.2) is 28.1 Å². The second-order valence-corrected chi connectivity index (χ2v) is 6.06. The summed E-state index contributed by atoms with van der Waals surface area (Å²) in [6, 6.07) is 20.6. The van der Waals surface area contributed by atoms with Crippen molar-refractivity contribution in [2.75, 3.05) is 0 Å². The molecule has 0 aliphatic rings. The van der Waals surface area contributed by atoms with Crippen LogP contribution in [0.25, 0.3) is 10.8 Å². The van der Waals surface area contributed by atoms with E-state index in [0.717, 1.165) is 16.3 Å². The highest BCUT2D eigenvalue weighted by Crippen LogP contribution is 2.20. The summed E-state index contributed by atoms with van der Waals surface area (Å²) in [5, 5.41) is 24.1. The average Bonchev–Trinajstić information content (AvgIpc) is 2.67. The molecule has 26 heavy (non-hydrogen) atoms. The number of aliphatic hydroxyl groups is 1. The van der Waals surface area contributed by atoms with Crippen molar-refractivity contribution in [3.05, 3.63) is 83.9 Å². The zero-order valence-electron chi connectivity index (χ0n) is 14.0. The summed E-state index contributed by atoms with van der Waals surface area (Å²) in [5.74, 6) is -1.88. The summed E-state index contributed by atoms with van der Waals surface area (Å²) >= 11 is 0. The lowest BCUT2D eigenvalue weighted by molar-refractivity contribution is -0.143. The molecule has 0 aliphatic heterocycles. The van der Waals surface area contributed by atoms with Gasteiger partial charge in [0, 0.05) is 6.42 Å². The van der Waals surface area contributed by atoms with Gasteiger partial charge in [0.25, 0.3) is 5.91 Å². The van der Waals surface area contributed by atoms with Crippen molar-refractivity contribution < 1.29 is 19.8 Å². The molecule has 0 spiro atoms. The van der Waals surface area contributed by atoms with Crippen LogP contribution >= 0.6 is 0 Å². The van der Waals surface area contributed by atoms with Gasteiger partial charge in [-0.1, -0.05) is 72.8 Å². The molecular formula is C21H19NO4. The van der Waals surface area contributed by atoms with E-state index in [1.807, 2.05) is 42.5 Å². The number of aliphatic hydroxyl groups excluding tert-OH is 1. The molecule has 132 valence electrons. The van der Waals surface area contributed by atoms with Crippen LogP contribution in [0.2, 0.25) is 0 Å². The molecule has 1 amide bonds. The number of aliphatic carboxylic acids is 1. The molecule has 3 aromatic carbocycles. The summed E-state index contributed by atoms with van der Waals surface area (Å²) in [4.78, 5) is 23.9. The van der Waals surface area contributed by atoms with E-state index in [9.17, 15) is 19.8 Å². The Hall–Kier alpha value is -3.18. The number of carboxylic acid groups (broad SMARTS) is 1. The second-order valence-electron chi connectivity index (χ2n) is 6.06. The average molecular weight is 349 g/mol. The van der Waals surface area contributed by atoms with Gasteiger partial charge in [0.2, 0.25) is 0 Å². The Kier molecular flexibility index (Phi) is 5.29. The molecule has 0 bridgehead atoms. The molecule has 3 aromatic rings. The van der Waals surface area contributed by atoms with E-state index < -0.39 is 24.0 Å². The zero-order valence-corrected chi connectivity index (χ0v) is 14.0. The molecule has 3 N–H and O–H groups in total. The number of hydrogen-bond donors (Lipinski definition) is 3. The standard InChI is InChI=1S/C21H19NO4/c23-19(15-8-2-1-3-9-15)20(24)22-18(21(25)26)13-16-11-6-10-14-7-4-5-12-17(14)16/h1-12,18-19,23H,13H2,(H,22,24)(H,25,26)/t18-,19+/m1/s1. The summed E-state index contributed by atoms with van der Waals surface area (Å²) in [6.07, 6.45) is -1.28. The number of nitrogens with one attached hydrogen (secondary N) is 1. The van der Waals surface area contributed by atoms with E-state index in [-0.39, 0.29) is 6.42 Å². The Balaban J connectivity index is 1.79. The van der Waals surface area contributed by atoms with Crippen LogP contribution in [0.1, 0.15) is 17.2 Å². The molecule has 0 aliphatic carbocycles. The first-order valence-electron chi connectivity index (χ1n) is 8.29. The van der Waals surface area contributed by atoms with Crippen LogP contribution in [0, 0.1) is 0 Å². The summed E-state index contributed by atoms with van der Waals surface area (Å²) < 4.78 is 0. The third kappa shape index (κ3) is 3.90. The van der Waals surface area contributed by atoms with Gasteiger partial charge in [-0.2, -0.15) is 0 Å². The predicted octanol–water partition coefficient (Wildman–Crippen LogP) is 2.69. The maximum Gasteiger partial charge on any atom is 0.326 e. The number of carbonyl (C=O) groups is 2. The van der Waals surface area contributed by atoms with Crippen molar-refractivity contribution in [3.63, 3.8) is 0 Å². The Bertz CT molecular complexity index is 918. The first-order chi connectivity index (χ1) is 12.6. The Labute approximate surface area is 150 Å². The van der Waals surface area contributed by atoms with E-state index in [2.05, 4.69) is 5.32 Å². The highest BCUT2D eigenvalue weighted by molar-refractivity contribution is 5.89. The molecule has 0 unspecified atom stereocenters. The van der Waals surface area contributed by atoms with Crippen LogP contribution < -0.4 is 5.32 Å². The van der Waals surface area contributed by atoms with E-state index in [4.69, 9.17) is 0 Å². The van der Waals surface area contributed by atoms with E-state index in [1.165, 1.54) is 0 Å². The number of amides is 1. The van der Waals surface area contributed by atoms with E-state index in [0.29, 0.717) is 5.56 Å². The zero-order chi connectivity index (χ0) is 18.5. The highest BCUT2D eigenvalue weighted by atomic mass is 16.4. The first kappa shape index (κ1) is 17.6. The molecule has 0 saturated heterocycles. The molecule has 0 fully saturated rings. The fraction of sp³-hybridized carbons (Fsp3) is 0.143. The van der Waals surface area contributed by atoms with E-state index in [1.54, 1.807) is 30.3 Å². The number of fused-ring (bicyclic) bond motifs is 1. The van der Waals surface area contributed by atoms with Gasteiger partial charge < -0.3 is 15.5 Å². The van der Waals surface area contributed by atoms with Crippen LogP contribution in [0.5, 0.6) is 0 Å². The van der Waals surface area contributed by atoms with Crippen molar-refractivity contribution in [2.45, 2.75) is 18.6 Å². The lowest BCUT2D eigenvalue weighted by Gasteiger charge is -2.18. The quantitative estimate of drug-likeness (QED) is 0.639. The first-order valence-corrected chi connectivity index (χ1v) is 8.29. The molecule has 3 rings (SSSR count). The molecule has 0 aromatic heterocycles. The van der Waals surface area contributed by atoms with E-state index >= 15 is 0 Å². The van der Waals surface area contributed by atoms with Crippen molar-refractivity contribution in [1.29, 1.82) is 0 Å². The molecule has 0 saturated carbocycles. The normalized spacial score (nSPS) is 13.1. The SMILES string of the molecule is O=C(N[C@H](Cc1cccc2ccccc12)C(=O)O)[C@@H](O)c1ccccc1. The molecule has 5 nitrogen and oxygen atoms in total. The molecule has 0 heterocycles. The Morgan fingerprint density at radius 1 is 0.885 bits per heavy atom. The Morgan fingerprint density at radius 3 is 2.27 bits per heavy atom. The summed E-state index contributed by atoms with van der Waals surface area (Å²) in [7, 11) is 0. The minimum atomic E-state index is -1.41. The number of rotatable bonds is 6. The van der Waals surface area contributed by atoms with Crippen molar-refractivity contribution in [2.24, 2.45) is 0 Å². The van der Waals surface area contributed by atoms with Crippen LogP contribution in [0.4, 0.5) is 0 Å². The number of carbonyl (C=O) groups excluding carboxylic acids is 1. The molecule has 5 heteroatoms. The van der Waals surface area contributed by atoms with Crippen LogP contribution in [-0.2, 0) is 16.0 Å². The molecule has 0 radical (unpaired) electrons. The lowest BCUT2D eigenvalue weighted by atomic mass is 9.98. The minimum absolute atomic E-state index is 0.129. The monoisotopic (exact) mass is 349 g/mol. The van der Waals surface area contributed by atoms with Gasteiger partial charge in [0.05, 0.1) is 0 Å². The third-order valence-corrected chi connectivity index (χ3v) is 4.28. The van der Waals surface area contributed by atoms with Gasteiger partial charge in [-0.05, 0) is 21.9 Å². The van der Waals surface area contributed by atoms with Crippen LogP contribution in [0.15, 0.2) is 72.8 Å². The smallest absolute Gasteiger partial charge is 0.326 e. The van der Waals surface area contributed by atoms with Crippen molar-refractivity contribution in [1.82, 2.24) is 5.32 Å². The number of carboxylic acids is 1. The third-order valence-electron chi connectivity index (χ3n) is 4.28. The number of hydrogen-bond acceptors (Lipinski definition) is 3. The highest BCUT2D eigenvalue weighted by Gasteiger charge is 2.25. The summed E-state index contributed by atoms with van der Waals surface area (Å²) in [6.45, 7) is 0. The van der Waals surface area contributed by atoms with Gasteiger partial charge in [-0.25, -0.2) is 4.79 Å². The fourth-order valence-corrected chi connectivity index (χ4v) is 2.93. The topological polar surface area (TPSA) is 86.6 Å². The lowest BCUT2D eigenvalue weighted by Crippen LogP contribution is -2.44. The van der Waals surface area contributed by atoms with Crippen molar-refractivity contribution in [3.8, 4) is 0 Å². The van der Waals surface area contributed by atoms with Crippen molar-refractivity contribution >= 4 is 22.6 Å². The van der Waals surface area contributed by atoms with Gasteiger partial charge in [-0.15, -0.1) is 0 Å². The van der Waals surface area contributed by atoms with Gasteiger partial charge in [0.1, 0.15) is 6.04 Å². The van der Waals surface area contributed by atoms with Gasteiger partial charge in [-0.3, -0.25) is 4.79 Å². The molecule has 2 atom stereocenters. The predicted molar refractivity (Wildman–Crippen MR) is 98.6 cm³/mol. The maximum absolute atomic E-state index is 12.3.